The molecule has 0 aliphatic rings. The van der Waals surface area contributed by atoms with E-state index in [0.29, 0.717) is 0 Å². The lowest BCUT2D eigenvalue weighted by Gasteiger charge is -2.09. The summed E-state index contributed by atoms with van der Waals surface area (Å²) in [4.78, 5) is 11.8. The summed E-state index contributed by atoms with van der Waals surface area (Å²) >= 11 is 0. The summed E-state index contributed by atoms with van der Waals surface area (Å²) in [6.45, 7) is 0. The molecule has 0 heterocycles. The van der Waals surface area contributed by atoms with Crippen LogP contribution in [0.2, 0.25) is 0 Å². The molecule has 2 aromatic rings. The van der Waals surface area contributed by atoms with Gasteiger partial charge in [0, 0.05) is 16.9 Å². The van der Waals surface area contributed by atoms with Crippen molar-refractivity contribution in [2.75, 3.05) is 11.1 Å². The predicted octanol–water partition coefficient (Wildman–Crippen LogP) is 3.68. The van der Waals surface area contributed by atoms with E-state index in [-0.39, 0.29) is 16.9 Å². The molecule has 2 rings (SSSR count). The lowest BCUT2D eigenvalue weighted by atomic mass is 10.1. The number of amides is 1. The van der Waals surface area contributed by atoms with E-state index in [1.54, 1.807) is 0 Å². The molecule has 0 aliphatic heterocycles. The molecule has 3 nitrogen and oxygen atoms in total. The topological polar surface area (TPSA) is 55.1 Å². The second kappa shape index (κ2) is 5.43. The number of hydrogen-bond acceptors (Lipinski definition) is 2. The third-order valence-corrected chi connectivity index (χ3v) is 2.65. The molecule has 1 amide bonds. The minimum absolute atomic E-state index is 0.0193. The van der Waals surface area contributed by atoms with Crippen molar-refractivity contribution in [2.45, 2.75) is 6.18 Å². The minimum atomic E-state index is -4.47. The van der Waals surface area contributed by atoms with Gasteiger partial charge in [-0.2, -0.15) is 13.2 Å². The fourth-order valence-electron chi connectivity index (χ4n) is 1.70. The van der Waals surface area contributed by atoms with Crippen LogP contribution in [0.1, 0.15) is 15.9 Å². The van der Waals surface area contributed by atoms with E-state index in [4.69, 9.17) is 5.73 Å². The molecular formula is C14H10F4N2O. The molecule has 0 saturated carbocycles. The van der Waals surface area contributed by atoms with Crippen LogP contribution in [0.15, 0.2) is 42.5 Å². The minimum Gasteiger partial charge on any atom is -0.399 e. The van der Waals surface area contributed by atoms with Gasteiger partial charge in [0.15, 0.2) is 0 Å². The first-order valence-corrected chi connectivity index (χ1v) is 5.80. The Balaban J connectivity index is 2.17. The van der Waals surface area contributed by atoms with Gasteiger partial charge in [0.2, 0.25) is 0 Å². The first kappa shape index (κ1) is 14.8. The van der Waals surface area contributed by atoms with Crippen LogP contribution < -0.4 is 11.1 Å². The Labute approximate surface area is 117 Å². The monoisotopic (exact) mass is 298 g/mol. The van der Waals surface area contributed by atoms with Crippen molar-refractivity contribution in [3.05, 3.63) is 59.4 Å². The molecule has 0 saturated heterocycles. The molecule has 0 aromatic heterocycles. The van der Waals surface area contributed by atoms with Gasteiger partial charge in [0.25, 0.3) is 5.91 Å². The number of nitrogens with two attached hydrogens (primary N) is 1. The molecule has 0 atom stereocenters. The summed E-state index contributed by atoms with van der Waals surface area (Å²) in [6, 6.07) is 7.16. The van der Waals surface area contributed by atoms with Gasteiger partial charge in [-0.3, -0.25) is 4.79 Å². The second-order valence-corrected chi connectivity index (χ2v) is 4.30. The molecule has 0 bridgehead atoms. The normalized spacial score (nSPS) is 11.2. The van der Waals surface area contributed by atoms with Crippen LogP contribution in [0.3, 0.4) is 0 Å². The van der Waals surface area contributed by atoms with Gasteiger partial charge < -0.3 is 11.1 Å². The smallest absolute Gasteiger partial charge is 0.399 e. The van der Waals surface area contributed by atoms with E-state index in [0.717, 1.165) is 36.4 Å². The summed E-state index contributed by atoms with van der Waals surface area (Å²) in [5, 5.41) is 2.36. The molecular weight excluding hydrogens is 288 g/mol. The lowest BCUT2D eigenvalue weighted by Crippen LogP contribution is -2.13. The van der Waals surface area contributed by atoms with Crippen LogP contribution in [0.5, 0.6) is 0 Å². The van der Waals surface area contributed by atoms with E-state index >= 15 is 0 Å². The number of nitrogens with one attached hydrogen (secondary N) is 1. The van der Waals surface area contributed by atoms with Gasteiger partial charge in [-0.15, -0.1) is 0 Å². The van der Waals surface area contributed by atoms with E-state index in [9.17, 15) is 22.4 Å². The molecule has 3 N–H and O–H groups in total. The van der Waals surface area contributed by atoms with Gasteiger partial charge in [0.05, 0.1) is 5.56 Å². The van der Waals surface area contributed by atoms with Crippen LogP contribution in [0.4, 0.5) is 28.9 Å². The highest BCUT2D eigenvalue weighted by Gasteiger charge is 2.30. The Kier molecular flexibility index (Phi) is 3.84. The largest absolute Gasteiger partial charge is 0.416 e. The zero-order valence-corrected chi connectivity index (χ0v) is 10.5. The maximum atomic E-state index is 13.1. The highest BCUT2D eigenvalue weighted by atomic mass is 19.4. The number of rotatable bonds is 2. The second-order valence-electron chi connectivity index (χ2n) is 4.30. The number of benzene rings is 2. The molecule has 0 fully saturated rings. The zero-order valence-electron chi connectivity index (χ0n) is 10.5. The first-order chi connectivity index (χ1) is 9.75. The van der Waals surface area contributed by atoms with Crippen LogP contribution in [0.25, 0.3) is 0 Å². The average molecular weight is 298 g/mol. The Bertz CT molecular complexity index is 645. The third kappa shape index (κ3) is 3.71. The summed E-state index contributed by atoms with van der Waals surface area (Å²) < 4.78 is 50.3. The van der Waals surface area contributed by atoms with E-state index in [1.165, 1.54) is 6.07 Å². The molecule has 0 spiro atoms. The third-order valence-electron chi connectivity index (χ3n) is 2.65. The van der Waals surface area contributed by atoms with Gasteiger partial charge in [0.1, 0.15) is 5.82 Å². The number of hydrogen-bond donors (Lipinski definition) is 2. The maximum Gasteiger partial charge on any atom is 0.416 e. The summed E-state index contributed by atoms with van der Waals surface area (Å²) in [6.07, 6.45) is -4.47. The number of anilines is 2. The molecule has 0 unspecified atom stereocenters. The lowest BCUT2D eigenvalue weighted by molar-refractivity contribution is -0.137. The van der Waals surface area contributed by atoms with Crippen molar-refractivity contribution in [2.24, 2.45) is 0 Å². The van der Waals surface area contributed by atoms with E-state index in [2.05, 4.69) is 5.32 Å². The van der Waals surface area contributed by atoms with E-state index in [1.807, 2.05) is 0 Å². The van der Waals surface area contributed by atoms with Crippen LogP contribution in [0, 0.1) is 5.82 Å². The van der Waals surface area contributed by atoms with Crippen molar-refractivity contribution in [3.8, 4) is 0 Å². The number of carbonyl (C=O) groups excluding carboxylic acids is 1. The maximum absolute atomic E-state index is 13.1. The Hall–Kier alpha value is -2.57. The van der Waals surface area contributed by atoms with Crippen molar-refractivity contribution in [3.63, 3.8) is 0 Å². The number of alkyl halides is 3. The molecule has 2 aromatic carbocycles. The summed E-state index contributed by atoms with van der Waals surface area (Å²) in [5.74, 6) is -1.29. The highest BCUT2D eigenvalue weighted by Crippen LogP contribution is 2.29. The Morgan fingerprint density at radius 3 is 2.19 bits per heavy atom. The number of halogens is 4. The van der Waals surface area contributed by atoms with Crippen LogP contribution >= 0.6 is 0 Å². The Morgan fingerprint density at radius 1 is 1.05 bits per heavy atom. The van der Waals surface area contributed by atoms with Crippen molar-refractivity contribution >= 4 is 17.3 Å². The van der Waals surface area contributed by atoms with Crippen molar-refractivity contribution in [1.82, 2.24) is 0 Å². The van der Waals surface area contributed by atoms with Crippen LogP contribution in [-0.4, -0.2) is 5.91 Å². The van der Waals surface area contributed by atoms with Gasteiger partial charge >= 0.3 is 6.18 Å². The van der Waals surface area contributed by atoms with Gasteiger partial charge in [-0.25, -0.2) is 4.39 Å². The van der Waals surface area contributed by atoms with Gasteiger partial charge in [-0.1, -0.05) is 0 Å². The predicted molar refractivity (Wildman–Crippen MR) is 70.2 cm³/mol. The fourth-order valence-corrected chi connectivity index (χ4v) is 1.70. The average Bonchev–Trinajstić information content (AvgIpc) is 2.36. The number of carbonyl (C=O) groups is 1. The summed E-state index contributed by atoms with van der Waals surface area (Å²) in [5.41, 5.74) is 4.84. The zero-order chi connectivity index (χ0) is 15.6. The molecule has 0 aliphatic carbocycles. The molecule has 110 valence electrons. The van der Waals surface area contributed by atoms with E-state index < -0.39 is 23.5 Å². The quantitative estimate of drug-likeness (QED) is 0.656. The standard InChI is InChI=1S/C14H10F4N2O/c15-10-5-11(19)7-12(6-10)20-13(21)8-1-3-9(4-2-8)14(16,17)18/h1-7H,19H2,(H,20,21). The molecule has 0 radical (unpaired) electrons. The molecule has 7 heteroatoms. The summed E-state index contributed by atoms with van der Waals surface area (Å²) in [7, 11) is 0. The highest BCUT2D eigenvalue weighted by molar-refractivity contribution is 6.04. The van der Waals surface area contributed by atoms with Crippen molar-refractivity contribution < 1.29 is 22.4 Å². The fraction of sp³-hybridized carbons (Fsp3) is 0.0714. The molecule has 21 heavy (non-hydrogen) atoms. The number of nitrogen functional groups attached to an aromatic ring is 1. The first-order valence-electron chi connectivity index (χ1n) is 5.80. The van der Waals surface area contributed by atoms with Crippen molar-refractivity contribution in [1.29, 1.82) is 0 Å². The van der Waals surface area contributed by atoms with Gasteiger partial charge in [-0.05, 0) is 42.5 Å². The van der Waals surface area contributed by atoms with Crippen LogP contribution in [-0.2, 0) is 6.18 Å². The Morgan fingerprint density at radius 2 is 1.67 bits per heavy atom. The SMILES string of the molecule is Nc1cc(F)cc(NC(=O)c2ccc(C(F)(F)F)cc2)c1.